The first-order chi connectivity index (χ1) is 9.05. The number of hydrogen-bond acceptors (Lipinski definition) is 2. The van der Waals surface area contributed by atoms with Crippen LogP contribution in [-0.4, -0.2) is 19.0 Å². The predicted molar refractivity (Wildman–Crippen MR) is 77.0 cm³/mol. The fourth-order valence-electron chi connectivity index (χ4n) is 1.86. The molecule has 0 bridgehead atoms. The van der Waals surface area contributed by atoms with E-state index < -0.39 is 10.0 Å². The third-order valence-electron chi connectivity index (χ3n) is 2.87. The summed E-state index contributed by atoms with van der Waals surface area (Å²) in [5, 5.41) is 0. The topological polar surface area (TPSA) is 37.4 Å². The molecular weight excluding hydrogens is 258 g/mol. The van der Waals surface area contributed by atoms with Crippen LogP contribution >= 0.6 is 0 Å². The summed E-state index contributed by atoms with van der Waals surface area (Å²) in [6.45, 7) is 0.795. The Bertz CT molecular complexity index is 568. The van der Waals surface area contributed by atoms with E-state index in [0.29, 0.717) is 13.1 Å². The van der Waals surface area contributed by atoms with Gasteiger partial charge in [-0.2, -0.15) is 4.31 Å². The van der Waals surface area contributed by atoms with Crippen molar-refractivity contribution in [3.8, 4) is 0 Å². The van der Waals surface area contributed by atoms with E-state index in [9.17, 15) is 8.42 Å². The largest absolute Gasteiger partial charge is 0.212 e. The van der Waals surface area contributed by atoms with Gasteiger partial charge in [-0.05, 0) is 11.1 Å². The van der Waals surface area contributed by atoms with E-state index in [1.807, 2.05) is 60.7 Å². The third kappa shape index (κ3) is 4.19. The zero-order valence-corrected chi connectivity index (χ0v) is 11.7. The Morgan fingerprint density at radius 2 is 1.16 bits per heavy atom. The van der Waals surface area contributed by atoms with Gasteiger partial charge in [0.05, 0.1) is 6.26 Å². The molecule has 3 nitrogen and oxygen atoms in total. The van der Waals surface area contributed by atoms with Crippen molar-refractivity contribution in [3.05, 3.63) is 71.8 Å². The van der Waals surface area contributed by atoms with E-state index in [2.05, 4.69) is 0 Å². The monoisotopic (exact) mass is 275 g/mol. The molecule has 0 aromatic heterocycles. The van der Waals surface area contributed by atoms with Gasteiger partial charge in [0.1, 0.15) is 0 Å². The SMILES string of the molecule is CS(=O)(=O)N(Cc1ccccc1)Cc1ccccc1. The summed E-state index contributed by atoms with van der Waals surface area (Å²) < 4.78 is 25.2. The quantitative estimate of drug-likeness (QED) is 0.841. The molecule has 0 fully saturated rings. The lowest BCUT2D eigenvalue weighted by atomic mass is 10.2. The summed E-state index contributed by atoms with van der Waals surface area (Å²) in [5.74, 6) is 0. The van der Waals surface area contributed by atoms with E-state index >= 15 is 0 Å². The van der Waals surface area contributed by atoms with Gasteiger partial charge in [-0.25, -0.2) is 8.42 Å². The van der Waals surface area contributed by atoms with Gasteiger partial charge in [-0.3, -0.25) is 0 Å². The Labute approximate surface area is 114 Å². The molecule has 4 heteroatoms. The molecule has 2 rings (SSSR count). The smallest absolute Gasteiger partial charge is 0.211 e. The van der Waals surface area contributed by atoms with Crippen LogP contribution in [0, 0.1) is 0 Å². The second-order valence-corrected chi connectivity index (χ2v) is 6.48. The fraction of sp³-hybridized carbons (Fsp3) is 0.200. The molecule has 0 radical (unpaired) electrons. The van der Waals surface area contributed by atoms with Gasteiger partial charge < -0.3 is 0 Å². The van der Waals surface area contributed by atoms with E-state index in [4.69, 9.17) is 0 Å². The highest BCUT2D eigenvalue weighted by Crippen LogP contribution is 2.13. The molecule has 2 aromatic carbocycles. The molecule has 100 valence electrons. The maximum atomic E-state index is 11.9. The van der Waals surface area contributed by atoms with Crippen LogP contribution in [0.5, 0.6) is 0 Å². The molecule has 0 spiro atoms. The Kier molecular flexibility index (Phi) is 4.35. The minimum atomic E-state index is -3.23. The molecule has 0 N–H and O–H groups in total. The van der Waals surface area contributed by atoms with Gasteiger partial charge in [-0.1, -0.05) is 60.7 Å². The molecule has 19 heavy (non-hydrogen) atoms. The van der Waals surface area contributed by atoms with Crippen molar-refractivity contribution in [3.63, 3.8) is 0 Å². The molecule has 0 aliphatic heterocycles. The average molecular weight is 275 g/mol. The average Bonchev–Trinajstić information content (AvgIpc) is 2.39. The maximum Gasteiger partial charge on any atom is 0.211 e. The Morgan fingerprint density at radius 1 is 0.789 bits per heavy atom. The van der Waals surface area contributed by atoms with Crippen LogP contribution in [0.1, 0.15) is 11.1 Å². The predicted octanol–water partition coefficient (Wildman–Crippen LogP) is 2.65. The molecule has 0 heterocycles. The number of rotatable bonds is 5. The first-order valence-electron chi connectivity index (χ1n) is 6.09. The second kappa shape index (κ2) is 5.99. The van der Waals surface area contributed by atoms with E-state index in [-0.39, 0.29) is 0 Å². The number of benzene rings is 2. The zero-order chi connectivity index (χ0) is 13.7. The summed E-state index contributed by atoms with van der Waals surface area (Å²) in [5.41, 5.74) is 1.98. The highest BCUT2D eigenvalue weighted by Gasteiger charge is 2.17. The van der Waals surface area contributed by atoms with Crippen LogP contribution in [0.4, 0.5) is 0 Å². The summed E-state index contributed by atoms with van der Waals surface area (Å²) in [6, 6.07) is 19.2. The van der Waals surface area contributed by atoms with Crippen molar-refractivity contribution in [2.45, 2.75) is 13.1 Å². The van der Waals surface area contributed by atoms with E-state index in [1.54, 1.807) is 0 Å². The van der Waals surface area contributed by atoms with Gasteiger partial charge in [-0.15, -0.1) is 0 Å². The molecule has 0 unspecified atom stereocenters. The van der Waals surface area contributed by atoms with Gasteiger partial charge in [0.25, 0.3) is 0 Å². The Hall–Kier alpha value is -1.65. The minimum absolute atomic E-state index is 0.397. The van der Waals surface area contributed by atoms with Gasteiger partial charge in [0.2, 0.25) is 10.0 Å². The van der Waals surface area contributed by atoms with Crippen LogP contribution in [0.3, 0.4) is 0 Å². The molecule has 0 aliphatic rings. The van der Waals surface area contributed by atoms with Gasteiger partial charge >= 0.3 is 0 Å². The standard InChI is InChI=1S/C15H17NO2S/c1-19(17,18)16(12-14-8-4-2-5-9-14)13-15-10-6-3-7-11-15/h2-11H,12-13H2,1H3. The van der Waals surface area contributed by atoms with E-state index in [0.717, 1.165) is 11.1 Å². The summed E-state index contributed by atoms with van der Waals surface area (Å²) in [7, 11) is -3.23. The van der Waals surface area contributed by atoms with Crippen molar-refractivity contribution < 1.29 is 8.42 Å². The van der Waals surface area contributed by atoms with Crippen LogP contribution in [0.25, 0.3) is 0 Å². The zero-order valence-electron chi connectivity index (χ0n) is 10.9. The number of hydrogen-bond donors (Lipinski definition) is 0. The summed E-state index contributed by atoms with van der Waals surface area (Å²) in [4.78, 5) is 0. The Morgan fingerprint density at radius 3 is 1.47 bits per heavy atom. The first-order valence-corrected chi connectivity index (χ1v) is 7.93. The minimum Gasteiger partial charge on any atom is -0.212 e. The van der Waals surface area contributed by atoms with Crippen molar-refractivity contribution in [2.75, 3.05) is 6.26 Å². The molecule has 0 atom stereocenters. The Balaban J connectivity index is 2.18. The lowest BCUT2D eigenvalue weighted by molar-refractivity contribution is 0.405. The van der Waals surface area contributed by atoms with Crippen LogP contribution in [0.15, 0.2) is 60.7 Å². The molecule has 0 saturated carbocycles. The second-order valence-electron chi connectivity index (χ2n) is 4.50. The van der Waals surface area contributed by atoms with Crippen molar-refractivity contribution in [1.29, 1.82) is 0 Å². The number of nitrogens with zero attached hydrogens (tertiary/aromatic N) is 1. The normalized spacial score (nSPS) is 11.7. The fourth-order valence-corrected chi connectivity index (χ4v) is 2.63. The highest BCUT2D eigenvalue weighted by atomic mass is 32.2. The lowest BCUT2D eigenvalue weighted by Gasteiger charge is -2.20. The van der Waals surface area contributed by atoms with Crippen molar-refractivity contribution in [1.82, 2.24) is 4.31 Å². The highest BCUT2D eigenvalue weighted by molar-refractivity contribution is 7.88. The first kappa shape index (κ1) is 13.8. The summed E-state index contributed by atoms with van der Waals surface area (Å²) in [6.07, 6.45) is 1.25. The third-order valence-corrected chi connectivity index (χ3v) is 4.07. The molecule has 2 aromatic rings. The lowest BCUT2D eigenvalue weighted by Crippen LogP contribution is -2.29. The molecular formula is C15H17NO2S. The van der Waals surface area contributed by atoms with Crippen molar-refractivity contribution in [2.24, 2.45) is 0 Å². The van der Waals surface area contributed by atoms with Crippen LogP contribution in [0.2, 0.25) is 0 Å². The maximum absolute atomic E-state index is 11.9. The molecule has 0 amide bonds. The summed E-state index contributed by atoms with van der Waals surface area (Å²) >= 11 is 0. The van der Waals surface area contributed by atoms with Gasteiger partial charge in [0, 0.05) is 13.1 Å². The van der Waals surface area contributed by atoms with Crippen LogP contribution in [-0.2, 0) is 23.1 Å². The molecule has 0 saturated heterocycles. The number of sulfonamides is 1. The van der Waals surface area contributed by atoms with Crippen LogP contribution < -0.4 is 0 Å². The van der Waals surface area contributed by atoms with Gasteiger partial charge in [0.15, 0.2) is 0 Å². The molecule has 0 aliphatic carbocycles. The van der Waals surface area contributed by atoms with E-state index in [1.165, 1.54) is 10.6 Å². The van der Waals surface area contributed by atoms with Crippen molar-refractivity contribution >= 4 is 10.0 Å².